The maximum atomic E-state index is 13.7. The van der Waals surface area contributed by atoms with Crippen LogP contribution >= 0.6 is 23.2 Å². The maximum absolute atomic E-state index is 13.7. The number of rotatable bonds is 10. The molecule has 11 heteroatoms. The summed E-state index contributed by atoms with van der Waals surface area (Å²) in [5.74, 6) is 0.0540. The van der Waals surface area contributed by atoms with Crippen LogP contribution in [0.1, 0.15) is 30.4 Å². The van der Waals surface area contributed by atoms with Crippen LogP contribution in [0.15, 0.2) is 71.6 Å². The lowest BCUT2D eigenvalue weighted by molar-refractivity contribution is -0.134. The van der Waals surface area contributed by atoms with E-state index in [1.807, 2.05) is 0 Å². The molecule has 1 heterocycles. The summed E-state index contributed by atoms with van der Waals surface area (Å²) in [6, 6.07) is 17.4. The molecule has 1 aliphatic heterocycles. The molecule has 3 aromatic carbocycles. The number of amides is 1. The molecule has 0 aromatic heterocycles. The Morgan fingerprint density at radius 2 is 1.75 bits per heavy atom. The van der Waals surface area contributed by atoms with Crippen molar-refractivity contribution in [1.82, 2.24) is 9.62 Å². The first kappa shape index (κ1) is 30.0. The van der Waals surface area contributed by atoms with Crippen molar-refractivity contribution in [3.05, 3.63) is 87.9 Å². The SMILES string of the molecule is N=C(N)c1cccc(C[C@H](NS(=O)(=O)c2cccc(-c3cccc(Cl)c3Cl)c2)C(=O)N2CCC(CCN)CC2)c1. The molecule has 1 saturated heterocycles. The summed E-state index contributed by atoms with van der Waals surface area (Å²) in [6.07, 6.45) is 2.65. The van der Waals surface area contributed by atoms with Gasteiger partial charge in [0.05, 0.1) is 14.9 Å². The van der Waals surface area contributed by atoms with Crippen molar-refractivity contribution in [2.45, 2.75) is 36.6 Å². The zero-order valence-electron chi connectivity index (χ0n) is 21.9. The van der Waals surface area contributed by atoms with Crippen molar-refractivity contribution in [3.63, 3.8) is 0 Å². The van der Waals surface area contributed by atoms with Crippen LogP contribution in [0.2, 0.25) is 10.0 Å². The number of carbonyl (C=O) groups excluding carboxylic acids is 1. The lowest BCUT2D eigenvalue weighted by Crippen LogP contribution is -2.51. The Bertz CT molecular complexity index is 1490. The van der Waals surface area contributed by atoms with Crippen molar-refractivity contribution in [3.8, 4) is 11.1 Å². The molecule has 6 N–H and O–H groups in total. The molecule has 1 amide bonds. The minimum atomic E-state index is -4.12. The van der Waals surface area contributed by atoms with E-state index < -0.39 is 16.1 Å². The van der Waals surface area contributed by atoms with Gasteiger partial charge < -0.3 is 16.4 Å². The predicted molar refractivity (Wildman–Crippen MR) is 160 cm³/mol. The van der Waals surface area contributed by atoms with Crippen LogP contribution in [0.25, 0.3) is 11.1 Å². The minimum Gasteiger partial charge on any atom is -0.384 e. The van der Waals surface area contributed by atoms with Crippen LogP contribution in [0.4, 0.5) is 0 Å². The van der Waals surface area contributed by atoms with Gasteiger partial charge in [-0.25, -0.2) is 8.42 Å². The number of halogens is 2. The van der Waals surface area contributed by atoms with E-state index >= 15 is 0 Å². The highest BCUT2D eigenvalue weighted by atomic mass is 35.5. The summed E-state index contributed by atoms with van der Waals surface area (Å²) < 4.78 is 30.0. The smallest absolute Gasteiger partial charge is 0.241 e. The lowest BCUT2D eigenvalue weighted by Gasteiger charge is -2.34. The highest BCUT2D eigenvalue weighted by Crippen LogP contribution is 2.34. The van der Waals surface area contributed by atoms with Crippen molar-refractivity contribution < 1.29 is 13.2 Å². The first-order chi connectivity index (χ1) is 19.1. The molecule has 0 radical (unpaired) electrons. The monoisotopic (exact) mass is 601 g/mol. The summed E-state index contributed by atoms with van der Waals surface area (Å²) in [6.45, 7) is 1.68. The Morgan fingerprint density at radius 3 is 2.45 bits per heavy atom. The second kappa shape index (κ2) is 13.1. The van der Waals surface area contributed by atoms with E-state index in [4.69, 9.17) is 40.1 Å². The third-order valence-electron chi connectivity index (χ3n) is 7.18. The third-order valence-corrected chi connectivity index (χ3v) is 9.47. The van der Waals surface area contributed by atoms with E-state index in [0.717, 1.165) is 19.3 Å². The molecule has 1 aliphatic rings. The Morgan fingerprint density at radius 1 is 1.05 bits per heavy atom. The van der Waals surface area contributed by atoms with E-state index in [9.17, 15) is 13.2 Å². The second-order valence-electron chi connectivity index (χ2n) is 9.97. The molecular formula is C29H33Cl2N5O3S. The number of sulfonamides is 1. The Balaban J connectivity index is 1.63. The summed E-state index contributed by atoms with van der Waals surface area (Å²) >= 11 is 12.6. The predicted octanol–water partition coefficient (Wildman–Crippen LogP) is 4.42. The second-order valence-corrected chi connectivity index (χ2v) is 12.5. The standard InChI is InChI=1S/C29H33Cl2N5O3S/c30-25-9-3-8-24(27(25)31)21-5-2-7-23(18-21)40(38,39)35-26(17-20-4-1-6-22(16-20)28(33)34)29(37)36-14-11-19(10-13-32)12-15-36/h1-9,16,18-19,26,35H,10-15,17,32H2,(H3,33,34)/t26-/m0/s1. The zero-order chi connectivity index (χ0) is 28.9. The van der Waals surface area contributed by atoms with E-state index in [1.165, 1.54) is 12.1 Å². The summed E-state index contributed by atoms with van der Waals surface area (Å²) in [5.41, 5.74) is 13.7. The normalized spacial score (nSPS) is 15.1. The number of benzene rings is 3. The Kier molecular flexibility index (Phi) is 9.86. The summed E-state index contributed by atoms with van der Waals surface area (Å²) in [4.78, 5) is 15.5. The third kappa shape index (κ3) is 7.21. The number of hydrogen-bond donors (Lipinski definition) is 4. The van der Waals surface area contributed by atoms with Gasteiger partial charge in [-0.15, -0.1) is 0 Å². The molecule has 40 heavy (non-hydrogen) atoms. The van der Waals surface area contributed by atoms with Gasteiger partial charge in [0.1, 0.15) is 11.9 Å². The molecule has 1 fully saturated rings. The molecule has 8 nitrogen and oxygen atoms in total. The van der Waals surface area contributed by atoms with Crippen LogP contribution in [0.3, 0.4) is 0 Å². The van der Waals surface area contributed by atoms with Gasteiger partial charge in [0.25, 0.3) is 0 Å². The minimum absolute atomic E-state index is 0.00187. The van der Waals surface area contributed by atoms with Gasteiger partial charge in [-0.2, -0.15) is 4.72 Å². The first-order valence-corrected chi connectivity index (χ1v) is 15.3. The highest BCUT2D eigenvalue weighted by Gasteiger charge is 2.32. The average molecular weight is 603 g/mol. The van der Waals surface area contributed by atoms with Gasteiger partial charge in [0.15, 0.2) is 0 Å². The number of nitrogens with two attached hydrogens (primary N) is 2. The average Bonchev–Trinajstić information content (AvgIpc) is 2.94. The molecule has 0 saturated carbocycles. The Labute approximate surface area is 245 Å². The number of piperidine rings is 1. The highest BCUT2D eigenvalue weighted by molar-refractivity contribution is 7.89. The van der Waals surface area contributed by atoms with Crippen molar-refractivity contribution >= 4 is 45.0 Å². The van der Waals surface area contributed by atoms with Gasteiger partial charge in [0.2, 0.25) is 15.9 Å². The van der Waals surface area contributed by atoms with Crippen LogP contribution in [0, 0.1) is 11.3 Å². The lowest BCUT2D eigenvalue weighted by atomic mass is 9.93. The number of amidine groups is 1. The number of nitrogens with one attached hydrogen (secondary N) is 2. The molecule has 0 spiro atoms. The van der Waals surface area contributed by atoms with Gasteiger partial charge in [0, 0.05) is 24.2 Å². The molecule has 4 rings (SSSR count). The van der Waals surface area contributed by atoms with Gasteiger partial charge in [-0.3, -0.25) is 10.2 Å². The van der Waals surface area contributed by atoms with Crippen molar-refractivity contribution in [1.29, 1.82) is 5.41 Å². The van der Waals surface area contributed by atoms with Crippen LogP contribution in [-0.2, 0) is 21.2 Å². The van der Waals surface area contributed by atoms with E-state index in [2.05, 4.69) is 4.72 Å². The molecule has 3 aromatic rings. The fourth-order valence-electron chi connectivity index (χ4n) is 4.99. The number of hydrogen-bond acceptors (Lipinski definition) is 5. The molecule has 0 unspecified atom stereocenters. The van der Waals surface area contributed by atoms with Crippen LogP contribution in [-0.4, -0.2) is 50.7 Å². The van der Waals surface area contributed by atoms with Crippen molar-refractivity contribution in [2.75, 3.05) is 19.6 Å². The fraction of sp³-hybridized carbons (Fsp3) is 0.310. The number of nitrogens with zero attached hydrogens (tertiary/aromatic N) is 1. The van der Waals surface area contributed by atoms with E-state index in [-0.39, 0.29) is 23.1 Å². The number of likely N-dealkylation sites (tertiary alicyclic amines) is 1. The molecule has 1 atom stereocenters. The number of carbonyl (C=O) groups is 1. The van der Waals surface area contributed by atoms with Gasteiger partial charge >= 0.3 is 0 Å². The summed E-state index contributed by atoms with van der Waals surface area (Å²) in [5, 5.41) is 8.44. The quantitative estimate of drug-likeness (QED) is 0.201. The van der Waals surface area contributed by atoms with E-state index in [0.29, 0.717) is 57.9 Å². The molecule has 0 bridgehead atoms. The topological polar surface area (TPSA) is 142 Å². The Hall–Kier alpha value is -2.95. The molecular weight excluding hydrogens is 569 g/mol. The van der Waals surface area contributed by atoms with Crippen LogP contribution in [0.5, 0.6) is 0 Å². The number of nitrogen functional groups attached to an aromatic ring is 1. The van der Waals surface area contributed by atoms with Crippen LogP contribution < -0.4 is 16.2 Å². The maximum Gasteiger partial charge on any atom is 0.241 e. The van der Waals surface area contributed by atoms with Gasteiger partial charge in [-0.1, -0.05) is 65.7 Å². The largest absolute Gasteiger partial charge is 0.384 e. The van der Waals surface area contributed by atoms with E-state index in [1.54, 1.807) is 59.5 Å². The first-order valence-electron chi connectivity index (χ1n) is 13.1. The van der Waals surface area contributed by atoms with Gasteiger partial charge in [-0.05, 0) is 73.5 Å². The molecule has 212 valence electrons. The van der Waals surface area contributed by atoms with Crippen molar-refractivity contribution in [2.24, 2.45) is 17.4 Å². The zero-order valence-corrected chi connectivity index (χ0v) is 24.3. The fourth-order valence-corrected chi connectivity index (χ4v) is 6.64. The summed E-state index contributed by atoms with van der Waals surface area (Å²) in [7, 11) is -4.12. The molecule has 0 aliphatic carbocycles.